The Kier molecular flexibility index (Phi) is 5.13. The van der Waals surface area contributed by atoms with E-state index in [4.69, 9.17) is 0 Å². The summed E-state index contributed by atoms with van der Waals surface area (Å²) in [6, 6.07) is 23.3. The monoisotopic (exact) mass is 295 g/mol. The molecule has 21 heavy (non-hydrogen) atoms. The Morgan fingerprint density at radius 1 is 0.810 bits per heavy atom. The van der Waals surface area contributed by atoms with Gasteiger partial charge in [0.05, 0.1) is 0 Å². The maximum Gasteiger partial charge on any atom is 0.212 e. The smallest absolute Gasteiger partial charge is 0.212 e. The third-order valence-electron chi connectivity index (χ3n) is 3.54. The zero-order valence-corrected chi connectivity index (χ0v) is 12.8. The number of nitrogens with zero attached hydrogens (tertiary/aromatic N) is 1. The Morgan fingerprint density at radius 3 is 2.29 bits per heavy atom. The third kappa shape index (κ3) is 3.32. The number of hydrogen-bond acceptors (Lipinski definition) is 0. The van der Waals surface area contributed by atoms with Crippen LogP contribution < -0.4 is 17.0 Å². The lowest BCUT2D eigenvalue weighted by molar-refractivity contribution is -0.669. The summed E-state index contributed by atoms with van der Waals surface area (Å²) in [6.45, 7) is 3.15. The number of fused-ring (bicyclic) bond motifs is 1. The molecule has 0 radical (unpaired) electrons. The fraction of sp³-hybridized carbons (Fsp3) is 0.105. The first-order valence-electron chi connectivity index (χ1n) is 7.03. The molecule has 0 spiro atoms. The van der Waals surface area contributed by atoms with E-state index in [-0.39, 0.29) is 12.4 Å². The van der Waals surface area contributed by atoms with Crippen molar-refractivity contribution in [2.24, 2.45) is 0 Å². The van der Waals surface area contributed by atoms with Crippen molar-refractivity contribution in [3.05, 3.63) is 78.0 Å². The van der Waals surface area contributed by atoms with E-state index in [0.717, 1.165) is 6.54 Å². The summed E-state index contributed by atoms with van der Waals surface area (Å²) in [7, 11) is 0. The van der Waals surface area contributed by atoms with Crippen LogP contribution in [0.3, 0.4) is 0 Å². The molecule has 0 N–H and O–H groups in total. The second-order valence-electron chi connectivity index (χ2n) is 4.81. The minimum Gasteiger partial charge on any atom is -1.00 e. The molecule has 0 amide bonds. The SMILES string of the molecule is CC[n+]1c(/C=C/c2ccccc2)ccc2ccccc21.[Cl-]. The zero-order chi connectivity index (χ0) is 13.8. The summed E-state index contributed by atoms with van der Waals surface area (Å²) < 4.78 is 2.34. The van der Waals surface area contributed by atoms with Crippen molar-refractivity contribution in [1.82, 2.24) is 0 Å². The second-order valence-corrected chi connectivity index (χ2v) is 4.81. The molecule has 0 aliphatic rings. The lowest BCUT2D eigenvalue weighted by Gasteiger charge is -2.02. The van der Waals surface area contributed by atoms with Crippen LogP contribution in [-0.2, 0) is 6.54 Å². The molecule has 0 atom stereocenters. The van der Waals surface area contributed by atoms with Gasteiger partial charge in [-0.1, -0.05) is 42.5 Å². The summed E-state index contributed by atoms with van der Waals surface area (Å²) in [6.07, 6.45) is 4.35. The van der Waals surface area contributed by atoms with Gasteiger partial charge in [0.1, 0.15) is 6.54 Å². The molecule has 106 valence electrons. The molecule has 0 aliphatic carbocycles. The lowest BCUT2D eigenvalue weighted by atomic mass is 10.1. The van der Waals surface area contributed by atoms with Crippen LogP contribution in [0.25, 0.3) is 23.1 Å². The average molecular weight is 296 g/mol. The summed E-state index contributed by atoms with van der Waals surface area (Å²) in [5, 5.41) is 1.28. The number of hydrogen-bond donors (Lipinski definition) is 0. The van der Waals surface area contributed by atoms with Crippen LogP contribution in [0, 0.1) is 0 Å². The average Bonchev–Trinajstić information content (AvgIpc) is 2.53. The first-order valence-corrected chi connectivity index (χ1v) is 7.03. The minimum absolute atomic E-state index is 0. The van der Waals surface area contributed by atoms with E-state index in [1.165, 1.54) is 22.2 Å². The second kappa shape index (κ2) is 7.05. The van der Waals surface area contributed by atoms with E-state index in [2.05, 4.69) is 84.3 Å². The molecule has 0 aliphatic heterocycles. The highest BCUT2D eigenvalue weighted by atomic mass is 35.5. The predicted octanol–water partition coefficient (Wildman–Crippen LogP) is 1.32. The Bertz CT molecular complexity index is 748. The molecule has 0 bridgehead atoms. The van der Waals surface area contributed by atoms with Crippen LogP contribution in [0.15, 0.2) is 66.7 Å². The molecule has 0 unspecified atom stereocenters. The molecule has 0 saturated heterocycles. The van der Waals surface area contributed by atoms with Crippen LogP contribution >= 0.6 is 0 Å². The van der Waals surface area contributed by atoms with Gasteiger partial charge in [0.2, 0.25) is 11.2 Å². The van der Waals surface area contributed by atoms with Crippen molar-refractivity contribution in [2.75, 3.05) is 0 Å². The predicted molar refractivity (Wildman–Crippen MR) is 85.2 cm³/mol. The van der Waals surface area contributed by atoms with Gasteiger partial charge < -0.3 is 12.4 Å². The molecule has 0 saturated carbocycles. The quantitative estimate of drug-likeness (QED) is 0.642. The number of halogens is 1. The zero-order valence-electron chi connectivity index (χ0n) is 12.0. The van der Waals surface area contributed by atoms with Crippen molar-refractivity contribution in [2.45, 2.75) is 13.5 Å². The van der Waals surface area contributed by atoms with E-state index in [1.807, 2.05) is 6.07 Å². The number of rotatable bonds is 3. The molecule has 1 aromatic heterocycles. The highest BCUT2D eigenvalue weighted by Gasteiger charge is 2.10. The highest BCUT2D eigenvalue weighted by Crippen LogP contribution is 2.12. The van der Waals surface area contributed by atoms with Gasteiger partial charge in [-0.3, -0.25) is 0 Å². The highest BCUT2D eigenvalue weighted by molar-refractivity contribution is 5.77. The van der Waals surface area contributed by atoms with Crippen LogP contribution in [-0.4, -0.2) is 0 Å². The van der Waals surface area contributed by atoms with Crippen LogP contribution in [0.4, 0.5) is 0 Å². The van der Waals surface area contributed by atoms with Crippen LogP contribution in [0.2, 0.25) is 0 Å². The number of pyridine rings is 1. The minimum atomic E-state index is 0. The molecule has 2 aromatic carbocycles. The molecule has 1 nitrogen and oxygen atoms in total. The van der Waals surface area contributed by atoms with Crippen LogP contribution in [0.5, 0.6) is 0 Å². The fourth-order valence-corrected chi connectivity index (χ4v) is 2.52. The molecule has 1 heterocycles. The summed E-state index contributed by atoms with van der Waals surface area (Å²) in [5.74, 6) is 0. The van der Waals surface area contributed by atoms with E-state index in [0.29, 0.717) is 0 Å². The normalized spacial score (nSPS) is 10.7. The van der Waals surface area contributed by atoms with Gasteiger partial charge >= 0.3 is 0 Å². The van der Waals surface area contributed by atoms with E-state index < -0.39 is 0 Å². The third-order valence-corrected chi connectivity index (χ3v) is 3.54. The number of benzene rings is 2. The largest absolute Gasteiger partial charge is 1.00 e. The lowest BCUT2D eigenvalue weighted by Crippen LogP contribution is -3.00. The maximum atomic E-state index is 2.34. The standard InChI is InChI=1S/C19H18N.ClH/c1-2-20-18(14-12-16-8-4-3-5-9-16)15-13-17-10-6-7-11-19(17)20;/h3-15H,2H2,1H3;1H/q+1;/p-1/b14-12+;. The summed E-state index contributed by atoms with van der Waals surface area (Å²) in [4.78, 5) is 0. The Morgan fingerprint density at radius 2 is 1.52 bits per heavy atom. The maximum absolute atomic E-state index is 2.34. The van der Waals surface area contributed by atoms with E-state index in [9.17, 15) is 0 Å². The number of aromatic nitrogens is 1. The van der Waals surface area contributed by atoms with Crippen molar-refractivity contribution in [1.29, 1.82) is 0 Å². The fourth-order valence-electron chi connectivity index (χ4n) is 2.52. The molecule has 3 rings (SSSR count). The number of aryl methyl sites for hydroxylation is 1. The van der Waals surface area contributed by atoms with Crippen LogP contribution in [0.1, 0.15) is 18.2 Å². The van der Waals surface area contributed by atoms with Gasteiger partial charge in [0.25, 0.3) is 0 Å². The Balaban J connectivity index is 0.00000161. The van der Waals surface area contributed by atoms with Crippen molar-refractivity contribution in [3.63, 3.8) is 0 Å². The van der Waals surface area contributed by atoms with Crippen molar-refractivity contribution in [3.8, 4) is 0 Å². The van der Waals surface area contributed by atoms with Crippen molar-refractivity contribution >= 4 is 23.1 Å². The Hall–Kier alpha value is -2.12. The molecule has 0 fully saturated rings. The first-order chi connectivity index (χ1) is 9.88. The molecular formula is C19H18ClN. The van der Waals surface area contributed by atoms with Gasteiger partial charge in [-0.2, -0.15) is 4.57 Å². The molecule has 2 heteroatoms. The van der Waals surface area contributed by atoms with E-state index in [1.54, 1.807) is 0 Å². The Labute approximate surface area is 132 Å². The topological polar surface area (TPSA) is 3.88 Å². The van der Waals surface area contributed by atoms with Gasteiger partial charge in [0, 0.05) is 23.6 Å². The van der Waals surface area contributed by atoms with Gasteiger partial charge in [0.15, 0.2) is 0 Å². The van der Waals surface area contributed by atoms with Gasteiger partial charge in [-0.25, -0.2) is 0 Å². The van der Waals surface area contributed by atoms with E-state index >= 15 is 0 Å². The molecule has 3 aromatic rings. The number of para-hydroxylation sites is 1. The first kappa shape index (κ1) is 15.3. The summed E-state index contributed by atoms with van der Waals surface area (Å²) >= 11 is 0. The van der Waals surface area contributed by atoms with Gasteiger partial charge in [-0.05, 0) is 30.7 Å². The summed E-state index contributed by atoms with van der Waals surface area (Å²) in [5.41, 5.74) is 3.74. The van der Waals surface area contributed by atoms with Crippen molar-refractivity contribution < 1.29 is 17.0 Å². The molecular weight excluding hydrogens is 278 g/mol. The van der Waals surface area contributed by atoms with Gasteiger partial charge in [-0.15, -0.1) is 0 Å².